The van der Waals surface area contributed by atoms with Crippen molar-refractivity contribution in [1.29, 1.82) is 0 Å². The minimum absolute atomic E-state index is 0. The molecule has 0 aliphatic rings. The first kappa shape index (κ1) is 8.64. The predicted octanol–water partition coefficient (Wildman–Crippen LogP) is 3.31. The maximum atomic E-state index is 11.8. The van der Waals surface area contributed by atoms with Crippen molar-refractivity contribution in [3.05, 3.63) is 23.7 Å². The van der Waals surface area contributed by atoms with E-state index in [0.717, 1.165) is 6.07 Å². The molecule has 0 amide bonds. The van der Waals surface area contributed by atoms with Crippen LogP contribution in [0.5, 0.6) is 0 Å². The van der Waals surface area contributed by atoms with Gasteiger partial charge in [-0.25, -0.2) is 0 Å². The Morgan fingerprint density at radius 2 is 2.09 bits per heavy atom. The van der Waals surface area contributed by atoms with Gasteiger partial charge >= 0.3 is 7.60 Å². The van der Waals surface area contributed by atoms with Crippen molar-refractivity contribution in [3.8, 4) is 0 Å². The van der Waals surface area contributed by atoms with Crippen LogP contribution in [-0.4, -0.2) is 0 Å². The van der Waals surface area contributed by atoms with E-state index in [1.165, 1.54) is 6.07 Å². The van der Waals surface area contributed by atoms with E-state index >= 15 is 0 Å². The molecule has 1 rings (SSSR count). The van der Waals surface area contributed by atoms with Crippen LogP contribution in [0.1, 0.15) is 12.9 Å². The number of rotatable bonds is 1. The molecule has 11 heavy (non-hydrogen) atoms. The molecule has 0 aliphatic heterocycles. The molecule has 0 saturated heterocycles. The minimum atomic E-state index is -4.37. The quantitative estimate of drug-likeness (QED) is 0.674. The van der Waals surface area contributed by atoms with Crippen LogP contribution in [0.4, 0.5) is 13.2 Å². The highest BCUT2D eigenvalue weighted by atomic mass is 79.9. The Hall–Kier alpha value is -0.450. The van der Waals surface area contributed by atoms with Crippen LogP contribution in [0.2, 0.25) is 0 Å². The Morgan fingerprint density at radius 1 is 1.45 bits per heavy atom. The van der Waals surface area contributed by atoms with Gasteiger partial charge in [-0.15, -0.1) is 0 Å². The summed E-state index contributed by atoms with van der Waals surface area (Å²) < 4.78 is 39.9. The molecule has 0 radical (unpaired) electrons. The molecule has 0 saturated carbocycles. The highest BCUT2D eigenvalue weighted by Gasteiger charge is 2.34. The van der Waals surface area contributed by atoms with Crippen LogP contribution in [0, 0.1) is 0 Å². The Labute approximate surface area is 70.8 Å². The summed E-state index contributed by atoms with van der Waals surface area (Å²) in [5, 5.41) is 0.295. The third kappa shape index (κ3) is 1.99. The van der Waals surface area contributed by atoms with Gasteiger partial charge in [-0.3, -0.25) is 0 Å². The van der Waals surface area contributed by atoms with Crippen molar-refractivity contribution in [2.75, 3.05) is 0 Å². The lowest BCUT2D eigenvalue weighted by Crippen LogP contribution is -2.01. The number of alkyl halides is 4. The van der Waals surface area contributed by atoms with Gasteiger partial charge in [-0.1, -0.05) is 15.9 Å². The van der Waals surface area contributed by atoms with Gasteiger partial charge in [-0.2, -0.15) is 13.2 Å². The van der Waals surface area contributed by atoms with E-state index in [9.17, 15) is 13.2 Å². The summed E-state index contributed by atoms with van der Waals surface area (Å²) in [6.07, 6.45) is -4.37. The zero-order chi connectivity index (χ0) is 8.48. The molecular weight excluding hydrogens is 225 g/mol. The molecule has 0 bridgehead atoms. The van der Waals surface area contributed by atoms with Crippen LogP contribution in [-0.2, 0) is 11.5 Å². The summed E-state index contributed by atoms with van der Waals surface area (Å²) >= 11 is 2.98. The van der Waals surface area contributed by atoms with E-state index in [1.807, 2.05) is 0 Å². The number of halogens is 4. The summed E-state index contributed by atoms with van der Waals surface area (Å²) in [5.74, 6) is -0.677. The lowest BCUT2D eigenvalue weighted by Gasteiger charge is -1.99. The topological polar surface area (TPSA) is 13.1 Å². The first-order chi connectivity index (χ1) is 5.04. The maximum Gasteiger partial charge on any atom is 1.00 e. The Bertz CT molecular complexity index is 245. The van der Waals surface area contributed by atoms with Gasteiger partial charge in [0.15, 0.2) is 0 Å². The van der Waals surface area contributed by atoms with Crippen molar-refractivity contribution in [2.24, 2.45) is 0 Å². The predicted molar refractivity (Wildman–Crippen MR) is 37.5 cm³/mol. The van der Waals surface area contributed by atoms with Crippen molar-refractivity contribution < 1.29 is 19.0 Å². The van der Waals surface area contributed by atoms with E-state index in [2.05, 4.69) is 20.3 Å². The van der Waals surface area contributed by atoms with Crippen molar-refractivity contribution in [1.82, 2.24) is 0 Å². The normalized spacial score (nSPS) is 12.0. The lowest BCUT2D eigenvalue weighted by atomic mass is 10.4. The Balaban J connectivity index is 0.00000121. The van der Waals surface area contributed by atoms with Gasteiger partial charge in [0.1, 0.15) is 5.76 Å². The van der Waals surface area contributed by atoms with Gasteiger partial charge < -0.3 is 4.42 Å². The van der Waals surface area contributed by atoms with Crippen LogP contribution < -0.4 is 0 Å². The second-order valence-corrected chi connectivity index (χ2v) is 2.46. The molecule has 0 aromatic carbocycles. The average molecular weight is 230 g/mol. The van der Waals surface area contributed by atoms with E-state index in [1.54, 1.807) is 0 Å². The summed E-state index contributed by atoms with van der Waals surface area (Å²) in [4.78, 5) is 0. The molecule has 0 unspecified atom stereocenters. The maximum absolute atomic E-state index is 11.8. The van der Waals surface area contributed by atoms with Crippen molar-refractivity contribution >= 4 is 15.9 Å². The van der Waals surface area contributed by atoms with Gasteiger partial charge in [0.25, 0.3) is 0 Å². The molecule has 5 heteroatoms. The van der Waals surface area contributed by atoms with Crippen LogP contribution in [0.25, 0.3) is 0 Å². The highest BCUT2D eigenvalue weighted by Crippen LogP contribution is 2.30. The largest absolute Gasteiger partial charge is 1.00 e. The van der Waals surface area contributed by atoms with Gasteiger partial charge in [0.2, 0.25) is 5.76 Å². The van der Waals surface area contributed by atoms with Gasteiger partial charge in [0.05, 0.1) is 5.33 Å². The molecule has 1 heterocycles. The second-order valence-electron chi connectivity index (χ2n) is 1.90. The first-order valence-corrected chi connectivity index (χ1v) is 3.88. The van der Waals surface area contributed by atoms with Crippen LogP contribution in [0.3, 0.4) is 0 Å². The zero-order valence-corrected chi connectivity index (χ0v) is 6.87. The number of hydrogen-bond acceptors (Lipinski definition) is 1. The van der Waals surface area contributed by atoms with E-state index in [4.69, 9.17) is 0 Å². The summed E-state index contributed by atoms with van der Waals surface area (Å²) in [6, 6.07) is 2.20. The molecule has 1 nitrogen and oxygen atoms in total. The molecule has 0 aliphatic carbocycles. The molecule has 1 aromatic heterocycles. The fourth-order valence-electron chi connectivity index (χ4n) is 0.602. The minimum Gasteiger partial charge on any atom is -0.456 e. The Kier molecular flexibility index (Phi) is 2.27. The zero-order valence-electron chi connectivity index (χ0n) is 6.28. The second kappa shape index (κ2) is 2.89. The monoisotopic (exact) mass is 229 g/mol. The standard InChI is InChI=1S/C6H4BrF3O/c7-3-4-1-2-5(11-4)6(8,9)10/h1-2H,3H2/p+1. The summed E-state index contributed by atoms with van der Waals surface area (Å²) in [5.41, 5.74) is 0. The van der Waals surface area contributed by atoms with E-state index in [-0.39, 0.29) is 7.19 Å². The fraction of sp³-hybridized carbons (Fsp3) is 0.333. The van der Waals surface area contributed by atoms with Crippen molar-refractivity contribution in [3.63, 3.8) is 0 Å². The smallest absolute Gasteiger partial charge is 0.456 e. The molecule has 0 fully saturated rings. The molecule has 0 atom stereocenters. The van der Waals surface area contributed by atoms with Crippen LogP contribution in [0.15, 0.2) is 16.5 Å². The fourth-order valence-corrected chi connectivity index (χ4v) is 0.903. The van der Waals surface area contributed by atoms with Gasteiger partial charge in [-0.05, 0) is 12.1 Å². The van der Waals surface area contributed by atoms with E-state index < -0.39 is 11.9 Å². The summed E-state index contributed by atoms with van der Waals surface area (Å²) in [7, 11) is 0. The SMILES string of the molecule is FC(F)(F)c1ccc(CBr)o1.[H+]. The van der Waals surface area contributed by atoms with Crippen LogP contribution >= 0.6 is 15.9 Å². The lowest BCUT2D eigenvalue weighted by molar-refractivity contribution is -0.153. The third-order valence-electron chi connectivity index (χ3n) is 1.07. The molecule has 0 spiro atoms. The molecule has 1 aromatic rings. The summed E-state index contributed by atoms with van der Waals surface area (Å²) in [6.45, 7) is 0. The molecule has 62 valence electrons. The number of furan rings is 1. The molecular formula is C6H5BrF3O+. The molecule has 0 N–H and O–H groups in total. The highest BCUT2D eigenvalue weighted by molar-refractivity contribution is 9.08. The number of hydrogen-bond donors (Lipinski definition) is 0. The van der Waals surface area contributed by atoms with E-state index in [0.29, 0.717) is 5.33 Å². The van der Waals surface area contributed by atoms with Crippen molar-refractivity contribution in [2.45, 2.75) is 11.5 Å². The third-order valence-corrected chi connectivity index (χ3v) is 1.63. The Morgan fingerprint density at radius 3 is 2.36 bits per heavy atom. The average Bonchev–Trinajstić information content (AvgIpc) is 2.32. The first-order valence-electron chi connectivity index (χ1n) is 2.76. The van der Waals surface area contributed by atoms with Gasteiger partial charge in [0, 0.05) is 0 Å².